The lowest BCUT2D eigenvalue weighted by molar-refractivity contribution is -0.390. The van der Waals surface area contributed by atoms with E-state index in [0.717, 1.165) is 0 Å². The number of aromatic nitrogens is 2. The molecule has 19 heavy (non-hydrogen) atoms. The highest BCUT2D eigenvalue weighted by molar-refractivity contribution is 9.10. The molecule has 0 aliphatic heterocycles. The molecule has 2 unspecified atom stereocenters. The zero-order valence-electron chi connectivity index (χ0n) is 10.7. The van der Waals surface area contributed by atoms with Gasteiger partial charge in [-0.25, -0.2) is 0 Å². The summed E-state index contributed by atoms with van der Waals surface area (Å²) >= 11 is 3.04. The maximum absolute atomic E-state index is 10.6. The van der Waals surface area contributed by atoms with E-state index in [0.29, 0.717) is 6.61 Å². The van der Waals surface area contributed by atoms with Crippen molar-refractivity contribution in [2.45, 2.75) is 25.7 Å². The van der Waals surface area contributed by atoms with Crippen molar-refractivity contribution in [3.63, 3.8) is 0 Å². The molecule has 1 rings (SSSR count). The van der Waals surface area contributed by atoms with Crippen LogP contribution in [0.3, 0.4) is 0 Å². The number of ether oxygens (including phenoxy) is 2. The SMILES string of the molecule is COCC(C)OCC(O)Cn1cc(Br)c([N+](=O)[O-])n1. The fourth-order valence-electron chi connectivity index (χ4n) is 1.43. The lowest BCUT2D eigenvalue weighted by Crippen LogP contribution is -2.26. The summed E-state index contributed by atoms with van der Waals surface area (Å²) in [5.74, 6) is -0.277. The molecule has 0 aliphatic carbocycles. The lowest BCUT2D eigenvalue weighted by atomic mass is 10.3. The molecule has 0 aliphatic rings. The molecule has 0 radical (unpaired) electrons. The van der Waals surface area contributed by atoms with E-state index >= 15 is 0 Å². The highest BCUT2D eigenvalue weighted by atomic mass is 79.9. The van der Waals surface area contributed by atoms with Gasteiger partial charge >= 0.3 is 5.82 Å². The van der Waals surface area contributed by atoms with Gasteiger partial charge in [-0.15, -0.1) is 0 Å². The van der Waals surface area contributed by atoms with Gasteiger partial charge in [-0.3, -0.25) is 0 Å². The first kappa shape index (κ1) is 16.0. The van der Waals surface area contributed by atoms with Crippen molar-refractivity contribution in [1.82, 2.24) is 9.78 Å². The third kappa shape index (κ3) is 5.23. The predicted molar refractivity (Wildman–Crippen MR) is 69.9 cm³/mol. The minimum atomic E-state index is -0.800. The van der Waals surface area contributed by atoms with Crippen LogP contribution in [0, 0.1) is 10.1 Å². The number of hydrogen-bond donors (Lipinski definition) is 1. The van der Waals surface area contributed by atoms with Gasteiger partial charge in [0.15, 0.2) is 0 Å². The van der Waals surface area contributed by atoms with Gasteiger partial charge < -0.3 is 24.7 Å². The van der Waals surface area contributed by atoms with Crippen molar-refractivity contribution in [1.29, 1.82) is 0 Å². The van der Waals surface area contributed by atoms with Crippen LogP contribution in [0.2, 0.25) is 0 Å². The van der Waals surface area contributed by atoms with E-state index in [9.17, 15) is 15.2 Å². The van der Waals surface area contributed by atoms with Gasteiger partial charge in [-0.1, -0.05) is 0 Å². The molecule has 1 aromatic heterocycles. The molecule has 0 saturated carbocycles. The van der Waals surface area contributed by atoms with Crippen LogP contribution < -0.4 is 0 Å². The Hall–Kier alpha value is -1.03. The zero-order valence-corrected chi connectivity index (χ0v) is 12.2. The van der Waals surface area contributed by atoms with Gasteiger partial charge in [0.2, 0.25) is 0 Å². The number of aliphatic hydroxyl groups excluding tert-OH is 1. The van der Waals surface area contributed by atoms with Crippen molar-refractivity contribution >= 4 is 21.7 Å². The Labute approximate surface area is 118 Å². The second-order valence-electron chi connectivity index (χ2n) is 4.03. The number of halogens is 1. The van der Waals surface area contributed by atoms with Gasteiger partial charge in [-0.2, -0.15) is 4.68 Å². The lowest BCUT2D eigenvalue weighted by Gasteiger charge is -2.14. The first-order valence-electron chi connectivity index (χ1n) is 5.60. The van der Waals surface area contributed by atoms with E-state index < -0.39 is 11.0 Å². The topological polar surface area (TPSA) is 99.6 Å². The Morgan fingerprint density at radius 1 is 1.63 bits per heavy atom. The normalized spacial score (nSPS) is 14.3. The summed E-state index contributed by atoms with van der Waals surface area (Å²) in [6, 6.07) is 0. The Morgan fingerprint density at radius 3 is 2.84 bits per heavy atom. The summed E-state index contributed by atoms with van der Waals surface area (Å²) in [5, 5.41) is 24.1. The molecular formula is C10H16BrN3O5. The van der Waals surface area contributed by atoms with Crippen LogP contribution in [0.5, 0.6) is 0 Å². The van der Waals surface area contributed by atoms with Crippen LogP contribution in [-0.2, 0) is 16.0 Å². The van der Waals surface area contributed by atoms with E-state index in [1.165, 1.54) is 10.9 Å². The molecule has 1 N–H and O–H groups in total. The van der Waals surface area contributed by atoms with E-state index in [4.69, 9.17) is 9.47 Å². The Kier molecular flexibility index (Phi) is 6.35. The molecule has 2 atom stereocenters. The summed E-state index contributed by atoms with van der Waals surface area (Å²) in [4.78, 5) is 10.0. The summed E-state index contributed by atoms with van der Waals surface area (Å²) in [6.07, 6.45) is 0.518. The number of nitro groups is 1. The molecule has 0 aromatic carbocycles. The average molecular weight is 338 g/mol. The largest absolute Gasteiger partial charge is 0.404 e. The Balaban J connectivity index is 2.46. The first-order valence-corrected chi connectivity index (χ1v) is 6.39. The second kappa shape index (κ2) is 7.53. The summed E-state index contributed by atoms with van der Waals surface area (Å²) < 4.78 is 11.8. The Morgan fingerprint density at radius 2 is 2.32 bits per heavy atom. The standard InChI is InChI=1S/C10H16BrN3O5/c1-7(5-18-2)19-6-8(15)3-13-4-9(11)10(12-13)14(16)17/h4,7-8,15H,3,5-6H2,1-2H3. The van der Waals surface area contributed by atoms with Gasteiger partial charge in [0.05, 0.1) is 43.3 Å². The second-order valence-corrected chi connectivity index (χ2v) is 4.89. The van der Waals surface area contributed by atoms with Crippen molar-refractivity contribution in [3.05, 3.63) is 20.8 Å². The third-order valence-electron chi connectivity index (χ3n) is 2.24. The molecule has 1 heterocycles. The van der Waals surface area contributed by atoms with Crippen molar-refractivity contribution in [3.8, 4) is 0 Å². The molecule has 8 nitrogen and oxygen atoms in total. The quantitative estimate of drug-likeness (QED) is 0.560. The van der Waals surface area contributed by atoms with Gasteiger partial charge in [0.1, 0.15) is 4.47 Å². The van der Waals surface area contributed by atoms with Gasteiger partial charge in [-0.05, 0) is 27.8 Å². The average Bonchev–Trinajstić information content (AvgIpc) is 2.68. The zero-order chi connectivity index (χ0) is 14.4. The highest BCUT2D eigenvalue weighted by Gasteiger charge is 2.20. The Bertz CT molecular complexity index is 425. The summed E-state index contributed by atoms with van der Waals surface area (Å²) in [5.41, 5.74) is 0. The molecule has 0 amide bonds. The molecule has 0 fully saturated rings. The van der Waals surface area contributed by atoms with Crippen LogP contribution in [0.1, 0.15) is 6.92 Å². The summed E-state index contributed by atoms with van der Waals surface area (Å²) in [6.45, 7) is 2.49. The van der Waals surface area contributed by atoms with Crippen molar-refractivity contribution in [2.75, 3.05) is 20.3 Å². The number of rotatable bonds is 8. The van der Waals surface area contributed by atoms with E-state index in [2.05, 4.69) is 21.0 Å². The first-order chi connectivity index (χ1) is 8.93. The maximum atomic E-state index is 10.6. The molecule has 0 saturated heterocycles. The highest BCUT2D eigenvalue weighted by Crippen LogP contribution is 2.22. The van der Waals surface area contributed by atoms with Crippen LogP contribution in [0.15, 0.2) is 10.7 Å². The van der Waals surface area contributed by atoms with Crippen LogP contribution in [0.4, 0.5) is 5.82 Å². The number of hydrogen-bond acceptors (Lipinski definition) is 6. The molecular weight excluding hydrogens is 322 g/mol. The molecule has 1 aromatic rings. The fourth-order valence-corrected chi connectivity index (χ4v) is 1.89. The van der Waals surface area contributed by atoms with Gasteiger partial charge in [0.25, 0.3) is 0 Å². The smallest absolute Gasteiger partial charge is 0.389 e. The minimum absolute atomic E-state index is 0.107. The third-order valence-corrected chi connectivity index (χ3v) is 2.80. The van der Waals surface area contributed by atoms with E-state index in [1.54, 1.807) is 7.11 Å². The predicted octanol–water partition coefficient (Wildman–Crippen LogP) is 0.966. The van der Waals surface area contributed by atoms with Crippen LogP contribution in [-0.4, -0.2) is 52.3 Å². The number of aliphatic hydroxyl groups is 1. The number of nitrogens with zero attached hydrogens (tertiary/aromatic N) is 3. The molecule has 9 heteroatoms. The maximum Gasteiger partial charge on any atom is 0.404 e. The van der Waals surface area contributed by atoms with E-state index in [-0.39, 0.29) is 29.5 Å². The molecule has 0 bridgehead atoms. The molecule has 108 valence electrons. The van der Waals surface area contributed by atoms with E-state index in [1.807, 2.05) is 6.92 Å². The summed E-state index contributed by atoms with van der Waals surface area (Å²) in [7, 11) is 1.57. The molecule has 0 spiro atoms. The van der Waals surface area contributed by atoms with Crippen molar-refractivity contribution in [2.24, 2.45) is 0 Å². The number of methoxy groups -OCH3 is 1. The van der Waals surface area contributed by atoms with Gasteiger partial charge in [0, 0.05) is 7.11 Å². The van der Waals surface area contributed by atoms with Crippen LogP contribution >= 0.6 is 15.9 Å². The van der Waals surface area contributed by atoms with Crippen molar-refractivity contribution < 1.29 is 19.5 Å². The minimum Gasteiger partial charge on any atom is -0.389 e. The fraction of sp³-hybridized carbons (Fsp3) is 0.700. The van der Waals surface area contributed by atoms with Crippen LogP contribution in [0.25, 0.3) is 0 Å². The monoisotopic (exact) mass is 337 g/mol.